The van der Waals surface area contributed by atoms with E-state index in [-0.39, 0.29) is 23.7 Å². The van der Waals surface area contributed by atoms with Crippen molar-refractivity contribution in [2.45, 2.75) is 65.0 Å². The zero-order valence-corrected chi connectivity index (χ0v) is 13.0. The third-order valence-corrected chi connectivity index (χ3v) is 3.91. The van der Waals surface area contributed by atoms with E-state index in [1.54, 1.807) is 6.92 Å². The largest absolute Gasteiger partial charge is 0.409 e. The topological polar surface area (TPSA) is 117 Å². The highest BCUT2D eigenvalue weighted by Gasteiger charge is 2.44. The number of nitrogens with zero attached hydrogens (tertiary/aromatic N) is 1. The van der Waals surface area contributed by atoms with E-state index < -0.39 is 11.5 Å². The minimum atomic E-state index is -1.00. The quantitative estimate of drug-likeness (QED) is 0.259. The summed E-state index contributed by atoms with van der Waals surface area (Å²) in [7, 11) is 0. The molecule has 0 aliphatic heterocycles. The number of oxime groups is 1. The molecule has 0 aromatic carbocycles. The van der Waals surface area contributed by atoms with Gasteiger partial charge in [-0.25, -0.2) is 0 Å². The lowest BCUT2D eigenvalue weighted by atomic mass is 9.72. The van der Waals surface area contributed by atoms with Gasteiger partial charge >= 0.3 is 0 Å². The Morgan fingerprint density at radius 3 is 2.19 bits per heavy atom. The van der Waals surface area contributed by atoms with Gasteiger partial charge in [0.25, 0.3) is 0 Å². The molecule has 2 amide bonds. The maximum Gasteiger partial charge on any atom is 0.242 e. The standard InChI is InChI=1S/C14H26N4O3/c1-9(2)16-11(19)10(3)17-13(20)14(12(15)18-21)7-5-4-6-8-14/h9-10,21H,4-8H2,1-3H3,(H2,15,18)(H,16,19)(H,17,20). The Balaban J connectivity index is 2.80. The predicted octanol–water partition coefficient (Wildman–Crippen LogP) is 0.713. The number of hydrogen-bond donors (Lipinski definition) is 4. The average Bonchev–Trinajstić information content (AvgIpc) is 2.46. The maximum absolute atomic E-state index is 12.6. The Bertz CT molecular complexity index is 414. The fourth-order valence-corrected chi connectivity index (χ4v) is 2.66. The van der Waals surface area contributed by atoms with Crippen LogP contribution in [0.25, 0.3) is 0 Å². The molecule has 1 unspecified atom stereocenters. The van der Waals surface area contributed by atoms with Crippen LogP contribution in [0.4, 0.5) is 0 Å². The van der Waals surface area contributed by atoms with Crippen LogP contribution in [0.15, 0.2) is 5.16 Å². The molecule has 0 saturated heterocycles. The van der Waals surface area contributed by atoms with Crippen LogP contribution >= 0.6 is 0 Å². The van der Waals surface area contributed by atoms with E-state index in [9.17, 15) is 9.59 Å². The zero-order chi connectivity index (χ0) is 16.0. The van der Waals surface area contributed by atoms with Gasteiger partial charge in [0.2, 0.25) is 11.8 Å². The van der Waals surface area contributed by atoms with Crippen LogP contribution in [0, 0.1) is 5.41 Å². The van der Waals surface area contributed by atoms with Crippen molar-refractivity contribution in [3.8, 4) is 0 Å². The molecule has 0 heterocycles. The van der Waals surface area contributed by atoms with E-state index in [1.165, 1.54) is 0 Å². The van der Waals surface area contributed by atoms with Gasteiger partial charge in [-0.15, -0.1) is 0 Å². The molecule has 1 aliphatic rings. The molecule has 0 aromatic heterocycles. The molecule has 1 aliphatic carbocycles. The number of carbonyl (C=O) groups is 2. The van der Waals surface area contributed by atoms with Crippen LogP contribution in [0.3, 0.4) is 0 Å². The highest BCUT2D eigenvalue weighted by Crippen LogP contribution is 2.36. The van der Waals surface area contributed by atoms with Gasteiger partial charge in [-0.2, -0.15) is 0 Å². The molecule has 1 saturated carbocycles. The zero-order valence-electron chi connectivity index (χ0n) is 13.0. The van der Waals surface area contributed by atoms with Gasteiger partial charge in [-0.05, 0) is 33.6 Å². The second-order valence-corrected chi connectivity index (χ2v) is 5.99. The van der Waals surface area contributed by atoms with E-state index >= 15 is 0 Å². The fraction of sp³-hybridized carbons (Fsp3) is 0.786. The molecule has 7 heteroatoms. The summed E-state index contributed by atoms with van der Waals surface area (Å²) in [5.41, 5.74) is 4.75. The summed E-state index contributed by atoms with van der Waals surface area (Å²) in [5.74, 6) is -0.663. The van der Waals surface area contributed by atoms with Crippen molar-refractivity contribution in [3.63, 3.8) is 0 Å². The van der Waals surface area contributed by atoms with Gasteiger partial charge in [-0.1, -0.05) is 24.4 Å². The summed E-state index contributed by atoms with van der Waals surface area (Å²) in [6, 6.07) is -0.658. The second-order valence-electron chi connectivity index (χ2n) is 5.99. The van der Waals surface area contributed by atoms with Gasteiger partial charge in [0.05, 0.1) is 0 Å². The van der Waals surface area contributed by atoms with Gasteiger partial charge in [0.1, 0.15) is 11.5 Å². The fourth-order valence-electron chi connectivity index (χ4n) is 2.66. The number of carbonyl (C=O) groups excluding carboxylic acids is 2. The van der Waals surface area contributed by atoms with Crippen molar-refractivity contribution < 1.29 is 14.8 Å². The molecule has 5 N–H and O–H groups in total. The summed E-state index contributed by atoms with van der Waals surface area (Å²) in [6.07, 6.45) is 3.78. The lowest BCUT2D eigenvalue weighted by molar-refractivity contribution is -0.133. The first-order valence-electron chi connectivity index (χ1n) is 7.43. The molecule has 0 bridgehead atoms. The molecule has 0 radical (unpaired) electrons. The minimum absolute atomic E-state index is 0.00423. The number of amides is 2. The van der Waals surface area contributed by atoms with Gasteiger partial charge in [0, 0.05) is 6.04 Å². The molecule has 1 atom stereocenters. The van der Waals surface area contributed by atoms with E-state index in [0.717, 1.165) is 19.3 Å². The van der Waals surface area contributed by atoms with Crippen LogP contribution < -0.4 is 16.4 Å². The highest BCUT2D eigenvalue weighted by molar-refractivity contribution is 6.07. The molecule has 1 rings (SSSR count). The molecule has 1 fully saturated rings. The first kappa shape index (κ1) is 17.3. The van der Waals surface area contributed by atoms with E-state index in [4.69, 9.17) is 10.9 Å². The lowest BCUT2D eigenvalue weighted by Gasteiger charge is -2.35. The van der Waals surface area contributed by atoms with E-state index in [1.807, 2.05) is 13.8 Å². The lowest BCUT2D eigenvalue weighted by Crippen LogP contribution is -2.55. The van der Waals surface area contributed by atoms with Crippen LogP contribution in [-0.4, -0.2) is 34.9 Å². The normalized spacial score (nSPS) is 19.9. The maximum atomic E-state index is 12.6. The van der Waals surface area contributed by atoms with Crippen molar-refractivity contribution in [2.24, 2.45) is 16.3 Å². The minimum Gasteiger partial charge on any atom is -0.409 e. The van der Waals surface area contributed by atoms with Crippen LogP contribution in [0.5, 0.6) is 0 Å². The Hall–Kier alpha value is -1.79. The summed E-state index contributed by atoms with van der Waals surface area (Å²) in [5, 5.41) is 17.4. The number of rotatable bonds is 5. The monoisotopic (exact) mass is 298 g/mol. The molecule has 120 valence electrons. The number of amidine groups is 1. The highest BCUT2D eigenvalue weighted by atomic mass is 16.4. The third kappa shape index (κ3) is 4.09. The Labute approximate surface area is 125 Å². The Morgan fingerprint density at radius 1 is 1.14 bits per heavy atom. The van der Waals surface area contributed by atoms with Gasteiger partial charge < -0.3 is 21.6 Å². The summed E-state index contributed by atoms with van der Waals surface area (Å²) < 4.78 is 0. The number of nitrogens with one attached hydrogen (secondary N) is 2. The molecular weight excluding hydrogens is 272 g/mol. The molecule has 0 spiro atoms. The average molecular weight is 298 g/mol. The molecular formula is C14H26N4O3. The third-order valence-electron chi connectivity index (χ3n) is 3.91. The van der Waals surface area contributed by atoms with Crippen LogP contribution in [0.1, 0.15) is 52.9 Å². The molecule has 7 nitrogen and oxygen atoms in total. The first-order valence-corrected chi connectivity index (χ1v) is 7.43. The van der Waals surface area contributed by atoms with Crippen LogP contribution in [-0.2, 0) is 9.59 Å². The summed E-state index contributed by atoms with van der Waals surface area (Å²) in [4.78, 5) is 24.4. The summed E-state index contributed by atoms with van der Waals surface area (Å²) >= 11 is 0. The predicted molar refractivity (Wildman–Crippen MR) is 79.8 cm³/mol. The summed E-state index contributed by atoms with van der Waals surface area (Å²) in [6.45, 7) is 5.33. The number of hydrogen-bond acceptors (Lipinski definition) is 4. The van der Waals surface area contributed by atoms with Crippen molar-refractivity contribution in [2.75, 3.05) is 0 Å². The Kier molecular flexibility index (Phi) is 5.99. The first-order chi connectivity index (χ1) is 9.83. The van der Waals surface area contributed by atoms with Crippen LogP contribution in [0.2, 0.25) is 0 Å². The smallest absolute Gasteiger partial charge is 0.242 e. The van der Waals surface area contributed by atoms with Crippen molar-refractivity contribution in [1.29, 1.82) is 0 Å². The van der Waals surface area contributed by atoms with Crippen molar-refractivity contribution in [1.82, 2.24) is 10.6 Å². The Morgan fingerprint density at radius 2 is 1.71 bits per heavy atom. The molecule has 0 aromatic rings. The van der Waals surface area contributed by atoms with E-state index in [0.29, 0.717) is 12.8 Å². The van der Waals surface area contributed by atoms with Crippen molar-refractivity contribution in [3.05, 3.63) is 0 Å². The second kappa shape index (κ2) is 7.28. The van der Waals surface area contributed by atoms with Gasteiger partial charge in [-0.3, -0.25) is 9.59 Å². The van der Waals surface area contributed by atoms with Crippen molar-refractivity contribution >= 4 is 17.6 Å². The van der Waals surface area contributed by atoms with Gasteiger partial charge in [0.15, 0.2) is 5.84 Å². The molecule has 21 heavy (non-hydrogen) atoms. The van der Waals surface area contributed by atoms with E-state index in [2.05, 4.69) is 15.8 Å². The SMILES string of the molecule is CC(C)NC(=O)C(C)NC(=O)C1(C(N)=NO)CCCCC1. The number of nitrogens with two attached hydrogens (primary N) is 1.